The predicted molar refractivity (Wildman–Crippen MR) is 141 cm³/mol. The zero-order valence-electron chi connectivity index (χ0n) is 21.7. The molecule has 1 fully saturated rings. The molecule has 11 heteroatoms. The molecule has 3 aromatic heterocycles. The molecule has 0 bridgehead atoms. The Balaban J connectivity index is 0.00000195. The van der Waals surface area contributed by atoms with Gasteiger partial charge in [-0.05, 0) is 38.0 Å². The van der Waals surface area contributed by atoms with Crippen molar-refractivity contribution >= 4 is 16.8 Å². The van der Waals surface area contributed by atoms with Crippen LogP contribution < -0.4 is 10.5 Å². The minimum absolute atomic E-state index is 0.0715. The van der Waals surface area contributed by atoms with Gasteiger partial charge < -0.3 is 20.5 Å². The zero-order chi connectivity index (χ0) is 27.7. The van der Waals surface area contributed by atoms with Crippen LogP contribution in [0, 0.1) is 28.6 Å². The average molecular weight is 519 g/mol. The van der Waals surface area contributed by atoms with E-state index in [0.29, 0.717) is 41.1 Å². The smallest absolute Gasteiger partial charge is 0.179 e. The van der Waals surface area contributed by atoms with Gasteiger partial charge in [0.25, 0.3) is 0 Å². The summed E-state index contributed by atoms with van der Waals surface area (Å²) in [6, 6.07) is 6.54. The van der Waals surface area contributed by atoms with E-state index in [-0.39, 0.29) is 17.4 Å². The molecule has 3 aromatic rings. The van der Waals surface area contributed by atoms with Crippen LogP contribution in [-0.4, -0.2) is 56.1 Å². The Kier molecular flexibility index (Phi) is 9.74. The maximum absolute atomic E-state index is 13.3. The van der Waals surface area contributed by atoms with E-state index in [1.54, 1.807) is 17.2 Å². The van der Waals surface area contributed by atoms with Gasteiger partial charge in [-0.25, -0.2) is 8.91 Å². The van der Waals surface area contributed by atoms with Crippen LogP contribution >= 0.6 is 0 Å². The van der Waals surface area contributed by atoms with Crippen LogP contribution in [-0.2, 0) is 0 Å². The highest BCUT2D eigenvalue weighted by Crippen LogP contribution is 2.32. The number of nitriles is 2. The Hall–Kier alpha value is -4.48. The lowest BCUT2D eigenvalue weighted by atomic mass is 10.0. The third kappa shape index (κ3) is 6.25. The monoisotopic (exact) mass is 518 g/mol. The second-order valence-corrected chi connectivity index (χ2v) is 8.36. The normalized spacial score (nSPS) is 15.3. The molecule has 10 nitrogen and oxygen atoms in total. The Bertz CT molecular complexity index is 1380. The summed E-state index contributed by atoms with van der Waals surface area (Å²) in [4.78, 5) is 10.6. The van der Waals surface area contributed by atoms with Crippen molar-refractivity contribution in [2.75, 3.05) is 19.7 Å². The molecule has 1 unspecified atom stereocenters. The molecule has 4 rings (SSSR count). The predicted octanol–water partition coefficient (Wildman–Crippen LogP) is 3.58. The fourth-order valence-corrected chi connectivity index (χ4v) is 4.19. The number of aliphatic hydroxyl groups excluding tert-OH is 1. The number of aliphatic hydroxyl groups is 1. The Morgan fingerprint density at radius 2 is 2.05 bits per heavy atom. The number of piperidine rings is 1. The summed E-state index contributed by atoms with van der Waals surface area (Å²) in [5.74, 6) is -0.227. The highest BCUT2D eigenvalue weighted by molar-refractivity contribution is 6.22. The van der Waals surface area contributed by atoms with Crippen molar-refractivity contribution in [1.29, 1.82) is 10.5 Å². The first-order valence-corrected chi connectivity index (χ1v) is 12.4. The molecule has 1 aliphatic rings. The van der Waals surface area contributed by atoms with Crippen LogP contribution in [0.15, 0.2) is 48.0 Å². The molecule has 1 atom stereocenters. The topological polar surface area (TPSA) is 149 Å². The quantitative estimate of drug-likeness (QED) is 0.356. The minimum Gasteiger partial charge on any atom is -0.479 e. The summed E-state index contributed by atoms with van der Waals surface area (Å²) in [5, 5.41) is 32.9. The summed E-state index contributed by atoms with van der Waals surface area (Å²) < 4.78 is 21.0. The molecular weight excluding hydrogens is 487 g/mol. The summed E-state index contributed by atoms with van der Waals surface area (Å²) in [6.07, 6.45) is 8.44. The Morgan fingerprint density at radius 3 is 2.63 bits per heavy atom. The molecule has 1 aliphatic heterocycles. The molecule has 38 heavy (non-hydrogen) atoms. The average Bonchev–Trinajstić information content (AvgIpc) is 3.37. The lowest BCUT2D eigenvalue weighted by Crippen LogP contribution is -2.32. The van der Waals surface area contributed by atoms with E-state index in [1.807, 2.05) is 20.8 Å². The minimum atomic E-state index is -0.906. The van der Waals surface area contributed by atoms with Crippen molar-refractivity contribution in [2.24, 2.45) is 10.7 Å². The van der Waals surface area contributed by atoms with E-state index < -0.39 is 18.5 Å². The summed E-state index contributed by atoms with van der Waals surface area (Å²) in [5.41, 5.74) is 9.05. The van der Waals surface area contributed by atoms with Gasteiger partial charge in [-0.3, -0.25) is 9.98 Å². The number of hydrogen-bond acceptors (Lipinski definition) is 9. The highest BCUT2D eigenvalue weighted by Gasteiger charge is 2.22. The van der Waals surface area contributed by atoms with Crippen LogP contribution in [0.4, 0.5) is 4.39 Å². The number of ether oxygens (including phenoxy) is 1. The third-order valence-corrected chi connectivity index (χ3v) is 6.06. The summed E-state index contributed by atoms with van der Waals surface area (Å²) in [7, 11) is 0. The number of rotatable bonds is 7. The molecule has 1 saturated heterocycles. The van der Waals surface area contributed by atoms with Gasteiger partial charge in [0.15, 0.2) is 12.3 Å². The van der Waals surface area contributed by atoms with Gasteiger partial charge >= 0.3 is 0 Å². The van der Waals surface area contributed by atoms with Gasteiger partial charge in [-0.2, -0.15) is 15.6 Å². The van der Waals surface area contributed by atoms with Gasteiger partial charge in [0.1, 0.15) is 28.7 Å². The summed E-state index contributed by atoms with van der Waals surface area (Å²) >= 11 is 0. The first-order chi connectivity index (χ1) is 18.5. The van der Waals surface area contributed by atoms with Gasteiger partial charge in [-0.15, -0.1) is 0 Å². The largest absolute Gasteiger partial charge is 0.479 e. The molecule has 0 aromatic carbocycles. The molecule has 0 aliphatic carbocycles. The van der Waals surface area contributed by atoms with Crippen LogP contribution in [0.1, 0.15) is 56.5 Å². The van der Waals surface area contributed by atoms with Crippen molar-refractivity contribution < 1.29 is 14.2 Å². The number of nitrogens with two attached hydrogens (primary N) is 1. The van der Waals surface area contributed by atoms with Gasteiger partial charge in [0, 0.05) is 42.3 Å². The van der Waals surface area contributed by atoms with Crippen molar-refractivity contribution in [3.8, 4) is 18.0 Å². The van der Waals surface area contributed by atoms with Crippen molar-refractivity contribution in [2.45, 2.75) is 45.8 Å². The number of aromatic nitrogens is 3. The Morgan fingerprint density at radius 1 is 1.32 bits per heavy atom. The van der Waals surface area contributed by atoms with E-state index in [9.17, 15) is 14.8 Å². The van der Waals surface area contributed by atoms with Gasteiger partial charge in [0.05, 0.1) is 30.7 Å². The van der Waals surface area contributed by atoms with Crippen LogP contribution in [0.25, 0.3) is 11.1 Å². The first kappa shape index (κ1) is 28.1. The second kappa shape index (κ2) is 13.2. The van der Waals surface area contributed by atoms with Crippen molar-refractivity contribution in [1.82, 2.24) is 19.5 Å². The van der Waals surface area contributed by atoms with E-state index in [0.717, 1.165) is 19.0 Å². The number of allylic oxidation sites excluding steroid dienone is 1. The van der Waals surface area contributed by atoms with Gasteiger partial charge in [-0.1, -0.05) is 13.8 Å². The molecule has 3 N–H and O–H groups in total. The number of nitrogens with zero attached hydrogens (tertiary/aromatic N) is 7. The highest BCUT2D eigenvalue weighted by atomic mass is 19.1. The molecule has 0 spiro atoms. The second-order valence-electron chi connectivity index (χ2n) is 8.36. The van der Waals surface area contributed by atoms with Crippen molar-refractivity contribution in [3.63, 3.8) is 0 Å². The van der Waals surface area contributed by atoms with Crippen LogP contribution in [0.2, 0.25) is 0 Å². The number of aliphatic imine (C=N–C) groups is 1. The number of halogens is 1. The fourth-order valence-electron chi connectivity index (χ4n) is 4.19. The molecule has 198 valence electrons. The fraction of sp³-hybridized carbons (Fsp3) is 0.370. The number of likely N-dealkylation sites (tertiary alicyclic amines) is 1. The number of hydrogen-bond donors (Lipinski definition) is 2. The number of fused-ring (bicyclic) bond motifs is 1. The third-order valence-electron chi connectivity index (χ3n) is 6.06. The maximum atomic E-state index is 13.3. The summed E-state index contributed by atoms with van der Waals surface area (Å²) in [6.45, 7) is 6.76. The lowest BCUT2D eigenvalue weighted by Gasteiger charge is -2.26. The maximum Gasteiger partial charge on any atom is 0.179 e. The SMILES string of the molecule is CC.CC(=NC1CCN(C#N)CC1)/C(=C\N)c1cc(OC(CO)c2ccc(F)cn2)c2c(C#N)cnn2c1. The standard InChI is InChI=1S/C25H25FN8O2.C2H6/c1-16(32-20-4-6-33(15-29)7-5-20)21(10-28)17-8-23(25-18(9-27)11-31-34(25)13-17)36-24(14-35)22-3-2-19(26)12-30-22;1-2/h2-3,8,10-13,20,24,35H,4-7,14,28H2,1H3;1-2H3/b21-10+,32-16?;. The van der Waals surface area contributed by atoms with Gasteiger partial charge in [0.2, 0.25) is 0 Å². The van der Waals surface area contributed by atoms with Crippen LogP contribution in [0.5, 0.6) is 5.75 Å². The first-order valence-electron chi connectivity index (χ1n) is 12.4. The van der Waals surface area contributed by atoms with Crippen LogP contribution in [0.3, 0.4) is 0 Å². The molecule has 0 radical (unpaired) electrons. The van der Waals surface area contributed by atoms with E-state index >= 15 is 0 Å². The molecular formula is C27H31FN8O2. The Labute approximate surface area is 221 Å². The molecule has 4 heterocycles. The van der Waals surface area contributed by atoms with E-state index in [4.69, 9.17) is 20.7 Å². The number of pyridine rings is 2. The van der Waals surface area contributed by atoms with E-state index in [1.165, 1.54) is 29.0 Å². The van der Waals surface area contributed by atoms with E-state index in [2.05, 4.69) is 22.3 Å². The molecule has 0 saturated carbocycles. The lowest BCUT2D eigenvalue weighted by molar-refractivity contribution is 0.114. The zero-order valence-corrected chi connectivity index (χ0v) is 21.7. The van der Waals surface area contributed by atoms with Crippen molar-refractivity contribution in [3.05, 3.63) is 65.6 Å². The molecule has 0 amide bonds.